The molecular formula is C14H17N3O3S. The first-order valence-electron chi connectivity index (χ1n) is 6.92. The molecule has 0 spiro atoms. The van der Waals surface area contributed by atoms with Crippen LogP contribution in [0.1, 0.15) is 49.1 Å². The standard InChI is InChI=1S/C14H17N3O3S/c1-8-3-6-11(20-8)9(2)17-13(10-4-5-10)15-16-14(17)21-7-12(18)19/h3,6,9-10H,4-5,7H2,1-2H3,(H,18,19). The molecule has 0 saturated heterocycles. The number of aromatic nitrogens is 3. The summed E-state index contributed by atoms with van der Waals surface area (Å²) in [6.45, 7) is 3.93. The lowest BCUT2D eigenvalue weighted by Gasteiger charge is -2.15. The summed E-state index contributed by atoms with van der Waals surface area (Å²) in [5.41, 5.74) is 0. The molecule has 2 heterocycles. The van der Waals surface area contributed by atoms with E-state index in [4.69, 9.17) is 9.52 Å². The summed E-state index contributed by atoms with van der Waals surface area (Å²) >= 11 is 1.20. The molecule has 2 aromatic heterocycles. The normalized spacial score (nSPS) is 16.1. The average molecular weight is 307 g/mol. The third-order valence-corrected chi connectivity index (χ3v) is 4.45. The number of carboxylic acid groups (broad SMARTS) is 1. The fourth-order valence-corrected chi connectivity index (χ4v) is 3.04. The van der Waals surface area contributed by atoms with E-state index >= 15 is 0 Å². The van der Waals surface area contributed by atoms with Crippen LogP contribution in [-0.2, 0) is 4.79 Å². The number of hydrogen-bond acceptors (Lipinski definition) is 5. The van der Waals surface area contributed by atoms with E-state index in [1.807, 2.05) is 30.5 Å². The van der Waals surface area contributed by atoms with E-state index in [2.05, 4.69) is 10.2 Å². The minimum Gasteiger partial charge on any atom is -0.481 e. The molecule has 1 fully saturated rings. The van der Waals surface area contributed by atoms with Crippen molar-refractivity contribution in [2.75, 3.05) is 5.75 Å². The van der Waals surface area contributed by atoms with Gasteiger partial charge in [0.2, 0.25) is 0 Å². The van der Waals surface area contributed by atoms with Gasteiger partial charge in [0.1, 0.15) is 17.3 Å². The monoisotopic (exact) mass is 307 g/mol. The summed E-state index contributed by atoms with van der Waals surface area (Å²) < 4.78 is 7.72. The van der Waals surface area contributed by atoms with Gasteiger partial charge in [0, 0.05) is 5.92 Å². The maximum absolute atomic E-state index is 10.8. The number of rotatable bonds is 6. The van der Waals surface area contributed by atoms with Crippen molar-refractivity contribution in [3.05, 3.63) is 29.5 Å². The van der Waals surface area contributed by atoms with Crippen LogP contribution in [0.4, 0.5) is 0 Å². The zero-order valence-electron chi connectivity index (χ0n) is 11.9. The van der Waals surface area contributed by atoms with Gasteiger partial charge in [0.25, 0.3) is 0 Å². The summed E-state index contributed by atoms with van der Waals surface area (Å²) in [5, 5.41) is 17.9. The van der Waals surface area contributed by atoms with Crippen molar-refractivity contribution in [3.8, 4) is 0 Å². The number of aryl methyl sites for hydroxylation is 1. The summed E-state index contributed by atoms with van der Waals surface area (Å²) in [5.74, 6) is 2.19. The quantitative estimate of drug-likeness (QED) is 0.826. The molecule has 1 atom stereocenters. The van der Waals surface area contributed by atoms with Gasteiger partial charge in [-0.1, -0.05) is 11.8 Å². The molecule has 0 bridgehead atoms. The van der Waals surface area contributed by atoms with Gasteiger partial charge in [-0.25, -0.2) is 0 Å². The number of nitrogens with zero attached hydrogens (tertiary/aromatic N) is 3. The molecule has 1 unspecified atom stereocenters. The topological polar surface area (TPSA) is 81.2 Å². The SMILES string of the molecule is Cc1ccc(C(C)n2c(SCC(=O)O)nnc2C2CC2)o1. The van der Waals surface area contributed by atoms with Crippen molar-refractivity contribution in [1.82, 2.24) is 14.8 Å². The molecular weight excluding hydrogens is 290 g/mol. The zero-order chi connectivity index (χ0) is 15.0. The van der Waals surface area contributed by atoms with Crippen molar-refractivity contribution in [2.45, 2.75) is 43.8 Å². The number of furan rings is 1. The van der Waals surface area contributed by atoms with Crippen molar-refractivity contribution in [1.29, 1.82) is 0 Å². The van der Waals surface area contributed by atoms with E-state index in [0.29, 0.717) is 11.1 Å². The number of carboxylic acids is 1. The van der Waals surface area contributed by atoms with Crippen molar-refractivity contribution < 1.29 is 14.3 Å². The van der Waals surface area contributed by atoms with E-state index in [1.54, 1.807) is 0 Å². The van der Waals surface area contributed by atoms with Crippen LogP contribution in [0.5, 0.6) is 0 Å². The summed E-state index contributed by atoms with van der Waals surface area (Å²) in [6, 6.07) is 3.83. The molecule has 6 nitrogen and oxygen atoms in total. The van der Waals surface area contributed by atoms with Crippen LogP contribution in [0.2, 0.25) is 0 Å². The second kappa shape index (κ2) is 5.55. The number of hydrogen-bond donors (Lipinski definition) is 1. The maximum atomic E-state index is 10.8. The van der Waals surface area contributed by atoms with Gasteiger partial charge >= 0.3 is 5.97 Å². The zero-order valence-corrected chi connectivity index (χ0v) is 12.8. The molecule has 0 aliphatic heterocycles. The van der Waals surface area contributed by atoms with Crippen LogP contribution >= 0.6 is 11.8 Å². The highest BCUT2D eigenvalue weighted by molar-refractivity contribution is 7.99. The number of carbonyl (C=O) groups is 1. The molecule has 112 valence electrons. The van der Waals surface area contributed by atoms with Crippen LogP contribution in [0.25, 0.3) is 0 Å². The molecule has 1 N–H and O–H groups in total. The first-order valence-corrected chi connectivity index (χ1v) is 7.90. The van der Waals surface area contributed by atoms with Crippen molar-refractivity contribution in [3.63, 3.8) is 0 Å². The molecule has 1 aliphatic rings. The van der Waals surface area contributed by atoms with Gasteiger partial charge in [-0.05, 0) is 38.8 Å². The predicted octanol–water partition coefficient (Wildman–Crippen LogP) is 2.84. The minimum absolute atomic E-state index is 0.0211. The summed E-state index contributed by atoms with van der Waals surface area (Å²) in [4.78, 5) is 10.8. The van der Waals surface area contributed by atoms with Crippen molar-refractivity contribution >= 4 is 17.7 Å². The Hall–Kier alpha value is -1.76. The van der Waals surface area contributed by atoms with Crippen molar-refractivity contribution in [2.24, 2.45) is 0 Å². The first-order chi connectivity index (χ1) is 10.1. The fourth-order valence-electron chi connectivity index (χ4n) is 2.30. The smallest absolute Gasteiger partial charge is 0.313 e. The van der Waals surface area contributed by atoms with Crippen LogP contribution in [0, 0.1) is 6.92 Å². The van der Waals surface area contributed by atoms with Crippen LogP contribution in [0.15, 0.2) is 21.7 Å². The molecule has 1 aliphatic carbocycles. The summed E-state index contributed by atoms with van der Waals surface area (Å²) in [7, 11) is 0. The van der Waals surface area contributed by atoms with Gasteiger partial charge in [-0.2, -0.15) is 0 Å². The third-order valence-electron chi connectivity index (χ3n) is 3.52. The average Bonchev–Trinajstić information content (AvgIpc) is 3.05. The Morgan fingerprint density at radius 2 is 2.29 bits per heavy atom. The second-order valence-corrected chi connectivity index (χ2v) is 6.23. The Bertz CT molecular complexity index is 660. The highest BCUT2D eigenvalue weighted by atomic mass is 32.2. The number of thioether (sulfide) groups is 1. The van der Waals surface area contributed by atoms with Gasteiger partial charge in [-0.3, -0.25) is 9.36 Å². The van der Waals surface area contributed by atoms with Gasteiger partial charge in [0.15, 0.2) is 5.16 Å². The lowest BCUT2D eigenvalue weighted by atomic mass is 10.2. The van der Waals surface area contributed by atoms with E-state index in [1.165, 1.54) is 11.8 Å². The Morgan fingerprint density at radius 3 is 2.86 bits per heavy atom. The highest BCUT2D eigenvalue weighted by Gasteiger charge is 2.33. The molecule has 7 heteroatoms. The molecule has 2 aromatic rings. The molecule has 0 amide bonds. The molecule has 3 rings (SSSR count). The lowest BCUT2D eigenvalue weighted by molar-refractivity contribution is -0.133. The molecule has 21 heavy (non-hydrogen) atoms. The van der Waals surface area contributed by atoms with Gasteiger partial charge < -0.3 is 9.52 Å². The molecule has 0 aromatic carbocycles. The predicted molar refractivity (Wildman–Crippen MR) is 77.6 cm³/mol. The van der Waals surface area contributed by atoms with E-state index in [9.17, 15) is 4.79 Å². The molecule has 1 saturated carbocycles. The maximum Gasteiger partial charge on any atom is 0.313 e. The molecule has 0 radical (unpaired) electrons. The Labute approximate surface area is 126 Å². The number of aliphatic carboxylic acids is 1. The van der Waals surface area contributed by atoms with Gasteiger partial charge in [0.05, 0.1) is 11.8 Å². The van der Waals surface area contributed by atoms with Crippen LogP contribution in [0.3, 0.4) is 0 Å². The highest BCUT2D eigenvalue weighted by Crippen LogP contribution is 2.42. The van der Waals surface area contributed by atoms with Crippen LogP contribution < -0.4 is 0 Å². The second-order valence-electron chi connectivity index (χ2n) is 5.29. The minimum atomic E-state index is -0.857. The van der Waals surface area contributed by atoms with E-state index in [0.717, 1.165) is 30.2 Å². The Balaban J connectivity index is 1.93. The summed E-state index contributed by atoms with van der Waals surface area (Å²) in [6.07, 6.45) is 2.23. The van der Waals surface area contributed by atoms with E-state index < -0.39 is 5.97 Å². The third kappa shape index (κ3) is 2.97. The fraction of sp³-hybridized carbons (Fsp3) is 0.500. The van der Waals surface area contributed by atoms with Crippen LogP contribution in [-0.4, -0.2) is 31.6 Å². The van der Waals surface area contributed by atoms with E-state index in [-0.39, 0.29) is 11.8 Å². The largest absolute Gasteiger partial charge is 0.481 e. The lowest BCUT2D eigenvalue weighted by Crippen LogP contribution is -2.12. The Morgan fingerprint density at radius 1 is 1.52 bits per heavy atom. The van der Waals surface area contributed by atoms with Gasteiger partial charge in [-0.15, -0.1) is 10.2 Å². The Kier molecular flexibility index (Phi) is 3.75. The first kappa shape index (κ1) is 14.2.